The largest absolute Gasteiger partial charge is 0.454 e. The third-order valence-electron chi connectivity index (χ3n) is 6.78. The van der Waals surface area contributed by atoms with Crippen LogP contribution in [0, 0.1) is 0 Å². The van der Waals surface area contributed by atoms with Crippen LogP contribution in [0.4, 0.5) is 5.82 Å². The van der Waals surface area contributed by atoms with Crippen molar-refractivity contribution in [1.82, 2.24) is 15.2 Å². The highest BCUT2D eigenvalue weighted by atomic mass is 16.7. The molecule has 7 nitrogen and oxygen atoms in total. The van der Waals surface area contributed by atoms with Gasteiger partial charge in [-0.15, -0.1) is 0 Å². The van der Waals surface area contributed by atoms with Crippen molar-refractivity contribution in [3.8, 4) is 11.5 Å². The average Bonchev–Trinajstić information content (AvgIpc) is 3.40. The molecule has 1 saturated heterocycles. The second-order valence-electron chi connectivity index (χ2n) is 9.16. The first kappa shape index (κ1) is 22.4. The molecule has 6 rings (SSSR count). The fourth-order valence-electron chi connectivity index (χ4n) is 4.82. The van der Waals surface area contributed by atoms with E-state index in [0.717, 1.165) is 66.5 Å². The lowest BCUT2D eigenvalue weighted by Crippen LogP contribution is -2.46. The summed E-state index contributed by atoms with van der Waals surface area (Å²) in [5.41, 5.74) is 3.79. The van der Waals surface area contributed by atoms with Gasteiger partial charge in [0.2, 0.25) is 6.79 Å². The van der Waals surface area contributed by atoms with Gasteiger partial charge in [-0.05, 0) is 35.4 Å². The van der Waals surface area contributed by atoms with Crippen LogP contribution in [0.3, 0.4) is 0 Å². The third-order valence-corrected chi connectivity index (χ3v) is 6.78. The van der Waals surface area contributed by atoms with Crippen LogP contribution < -0.4 is 19.7 Å². The molecule has 2 aliphatic heterocycles. The van der Waals surface area contributed by atoms with Gasteiger partial charge in [0.15, 0.2) is 11.5 Å². The number of nitrogens with one attached hydrogen (secondary N) is 1. The minimum Gasteiger partial charge on any atom is -0.454 e. The van der Waals surface area contributed by atoms with Gasteiger partial charge in [0.1, 0.15) is 5.82 Å². The van der Waals surface area contributed by atoms with Gasteiger partial charge in [-0.1, -0.05) is 54.6 Å². The summed E-state index contributed by atoms with van der Waals surface area (Å²) < 4.78 is 10.9. The Kier molecular flexibility index (Phi) is 6.13. The van der Waals surface area contributed by atoms with Crippen molar-refractivity contribution in [2.24, 2.45) is 0 Å². The predicted octanol–water partition coefficient (Wildman–Crippen LogP) is 4.22. The van der Waals surface area contributed by atoms with Crippen molar-refractivity contribution in [2.45, 2.75) is 13.1 Å². The molecule has 0 aliphatic carbocycles. The molecular formula is C29H28N4O3. The van der Waals surface area contributed by atoms with Gasteiger partial charge in [0.25, 0.3) is 5.91 Å². The number of para-hydroxylation sites is 1. The van der Waals surface area contributed by atoms with Gasteiger partial charge in [0.05, 0.1) is 11.1 Å². The number of nitrogens with zero attached hydrogens (tertiary/aromatic N) is 3. The molecule has 0 radical (unpaired) electrons. The number of aromatic nitrogens is 1. The Morgan fingerprint density at radius 1 is 0.833 bits per heavy atom. The van der Waals surface area contributed by atoms with E-state index in [1.807, 2.05) is 66.7 Å². The van der Waals surface area contributed by atoms with Crippen LogP contribution in [-0.2, 0) is 13.1 Å². The molecule has 0 spiro atoms. The second-order valence-corrected chi connectivity index (χ2v) is 9.16. The average molecular weight is 481 g/mol. The number of piperazine rings is 1. The Morgan fingerprint density at radius 2 is 1.61 bits per heavy atom. The van der Waals surface area contributed by atoms with Crippen molar-refractivity contribution in [2.75, 3.05) is 37.9 Å². The lowest BCUT2D eigenvalue weighted by atomic mass is 10.1. The molecule has 3 heterocycles. The van der Waals surface area contributed by atoms with E-state index in [1.54, 1.807) is 0 Å². The summed E-state index contributed by atoms with van der Waals surface area (Å²) in [6, 6.07) is 25.9. The normalized spacial score (nSPS) is 15.3. The van der Waals surface area contributed by atoms with Gasteiger partial charge >= 0.3 is 0 Å². The van der Waals surface area contributed by atoms with E-state index in [4.69, 9.17) is 14.5 Å². The number of carbonyl (C=O) groups excluding carboxylic acids is 1. The number of benzene rings is 3. The van der Waals surface area contributed by atoms with Crippen LogP contribution in [0.1, 0.15) is 21.5 Å². The molecule has 1 amide bonds. The van der Waals surface area contributed by atoms with Gasteiger partial charge in [0, 0.05) is 44.7 Å². The topological polar surface area (TPSA) is 66.9 Å². The molecule has 3 aromatic carbocycles. The zero-order chi connectivity index (χ0) is 24.3. The van der Waals surface area contributed by atoms with E-state index in [-0.39, 0.29) is 5.91 Å². The minimum atomic E-state index is -0.0832. The van der Waals surface area contributed by atoms with E-state index in [0.29, 0.717) is 18.9 Å². The summed E-state index contributed by atoms with van der Waals surface area (Å²) in [5, 5.41) is 3.95. The van der Waals surface area contributed by atoms with E-state index in [1.165, 1.54) is 5.56 Å². The maximum absolute atomic E-state index is 13.2. The molecule has 7 heteroatoms. The van der Waals surface area contributed by atoms with Crippen LogP contribution in [0.15, 0.2) is 78.9 Å². The van der Waals surface area contributed by atoms with Crippen LogP contribution >= 0.6 is 0 Å². The van der Waals surface area contributed by atoms with E-state index < -0.39 is 0 Å². The highest BCUT2D eigenvalue weighted by Crippen LogP contribution is 2.33. The van der Waals surface area contributed by atoms with Gasteiger partial charge in [-0.25, -0.2) is 4.98 Å². The number of anilines is 1. The molecule has 1 aromatic heterocycles. The summed E-state index contributed by atoms with van der Waals surface area (Å²) >= 11 is 0. The standard InChI is InChI=1S/C29H28N4O3/c34-29(30-18-21-6-2-1-3-7-21)24-17-28(31-25-9-5-4-8-23(24)25)33-14-12-32(13-15-33)19-22-10-11-26-27(16-22)36-20-35-26/h1-11,16-17H,12-15,18-20H2,(H,30,34). The first-order valence-electron chi connectivity index (χ1n) is 12.3. The molecule has 36 heavy (non-hydrogen) atoms. The van der Waals surface area contributed by atoms with Crippen molar-refractivity contribution >= 4 is 22.6 Å². The molecule has 1 fully saturated rings. The van der Waals surface area contributed by atoms with Crippen LogP contribution in [0.25, 0.3) is 10.9 Å². The number of hydrogen-bond acceptors (Lipinski definition) is 6. The first-order chi connectivity index (χ1) is 17.7. The van der Waals surface area contributed by atoms with Gasteiger partial charge in [-0.2, -0.15) is 0 Å². The number of carbonyl (C=O) groups is 1. The highest BCUT2D eigenvalue weighted by Gasteiger charge is 2.22. The Balaban J connectivity index is 1.16. The number of pyridine rings is 1. The number of fused-ring (bicyclic) bond motifs is 2. The molecule has 4 aromatic rings. The SMILES string of the molecule is O=C(NCc1ccccc1)c1cc(N2CCN(Cc3ccc4c(c3)OCO4)CC2)nc2ccccc12. The number of amides is 1. The van der Waals surface area contributed by atoms with E-state index in [9.17, 15) is 4.79 Å². The van der Waals surface area contributed by atoms with E-state index >= 15 is 0 Å². The molecule has 0 bridgehead atoms. The molecular weight excluding hydrogens is 452 g/mol. The van der Waals surface area contributed by atoms with Crippen LogP contribution in [0.2, 0.25) is 0 Å². The monoisotopic (exact) mass is 480 g/mol. The summed E-state index contributed by atoms with van der Waals surface area (Å²) in [6.07, 6.45) is 0. The Bertz CT molecular complexity index is 1380. The third kappa shape index (κ3) is 4.70. The first-order valence-corrected chi connectivity index (χ1v) is 12.3. The maximum atomic E-state index is 13.2. The molecule has 1 N–H and O–H groups in total. The molecule has 0 saturated carbocycles. The number of hydrogen-bond donors (Lipinski definition) is 1. The van der Waals surface area contributed by atoms with Crippen LogP contribution in [0.5, 0.6) is 11.5 Å². The Morgan fingerprint density at radius 3 is 2.47 bits per heavy atom. The maximum Gasteiger partial charge on any atom is 0.252 e. The fraction of sp³-hybridized carbons (Fsp3) is 0.241. The van der Waals surface area contributed by atoms with Crippen molar-refractivity contribution < 1.29 is 14.3 Å². The molecule has 0 atom stereocenters. The van der Waals surface area contributed by atoms with Crippen molar-refractivity contribution in [3.63, 3.8) is 0 Å². The smallest absolute Gasteiger partial charge is 0.252 e. The number of rotatable bonds is 6. The fourth-order valence-corrected chi connectivity index (χ4v) is 4.82. The lowest BCUT2D eigenvalue weighted by Gasteiger charge is -2.35. The predicted molar refractivity (Wildman–Crippen MR) is 139 cm³/mol. The summed E-state index contributed by atoms with van der Waals surface area (Å²) in [6.45, 7) is 5.17. The Labute approximate surface area is 210 Å². The second kappa shape index (κ2) is 9.87. The zero-order valence-corrected chi connectivity index (χ0v) is 20.0. The van der Waals surface area contributed by atoms with Crippen LogP contribution in [-0.4, -0.2) is 48.8 Å². The lowest BCUT2D eigenvalue weighted by molar-refractivity contribution is 0.0952. The van der Waals surface area contributed by atoms with Crippen molar-refractivity contribution in [1.29, 1.82) is 0 Å². The Hall–Kier alpha value is -4.10. The molecule has 0 unspecified atom stereocenters. The number of ether oxygens (including phenoxy) is 2. The van der Waals surface area contributed by atoms with Gasteiger partial charge < -0.3 is 19.7 Å². The van der Waals surface area contributed by atoms with E-state index in [2.05, 4.69) is 27.2 Å². The molecule has 182 valence electrons. The zero-order valence-electron chi connectivity index (χ0n) is 20.0. The minimum absolute atomic E-state index is 0.0832. The van der Waals surface area contributed by atoms with Gasteiger partial charge in [-0.3, -0.25) is 9.69 Å². The highest BCUT2D eigenvalue weighted by molar-refractivity contribution is 6.07. The summed E-state index contributed by atoms with van der Waals surface area (Å²) in [7, 11) is 0. The summed E-state index contributed by atoms with van der Waals surface area (Å²) in [5.74, 6) is 2.40. The quantitative estimate of drug-likeness (QED) is 0.446. The molecule has 2 aliphatic rings. The summed E-state index contributed by atoms with van der Waals surface area (Å²) in [4.78, 5) is 22.8. The van der Waals surface area contributed by atoms with Crippen molar-refractivity contribution in [3.05, 3.63) is 95.6 Å².